The molecule has 0 saturated heterocycles. The Hall–Kier alpha value is -1.52. The normalized spacial score (nSPS) is 26.0. The summed E-state index contributed by atoms with van der Waals surface area (Å²) in [7, 11) is 4.37. The molecule has 5 aliphatic rings. The van der Waals surface area contributed by atoms with Gasteiger partial charge < -0.3 is 19.9 Å². The van der Waals surface area contributed by atoms with Gasteiger partial charge in [-0.2, -0.15) is 0 Å². The molecule has 4 aliphatic carbocycles. The zero-order valence-corrected chi connectivity index (χ0v) is 35.1. The van der Waals surface area contributed by atoms with E-state index in [0.29, 0.717) is 11.8 Å². The van der Waals surface area contributed by atoms with Gasteiger partial charge >= 0.3 is 0 Å². The van der Waals surface area contributed by atoms with Crippen molar-refractivity contribution in [1.29, 1.82) is 0 Å². The predicted molar refractivity (Wildman–Crippen MR) is 220 cm³/mol. The van der Waals surface area contributed by atoms with Crippen molar-refractivity contribution in [2.45, 2.75) is 170 Å². The van der Waals surface area contributed by atoms with E-state index in [2.05, 4.69) is 82.8 Å². The summed E-state index contributed by atoms with van der Waals surface area (Å²) in [4.78, 5) is 5.44. The highest BCUT2D eigenvalue weighted by atomic mass is 16.5. The Morgan fingerprint density at radius 1 is 0.961 bits per heavy atom. The van der Waals surface area contributed by atoms with E-state index in [-0.39, 0.29) is 11.5 Å². The molecule has 3 unspecified atom stereocenters. The molecular formula is C47H81N3O. The Balaban J connectivity index is 1.45. The summed E-state index contributed by atoms with van der Waals surface area (Å²) in [6, 6.07) is 0. The third-order valence-electron chi connectivity index (χ3n) is 14.6. The van der Waals surface area contributed by atoms with Gasteiger partial charge in [0.05, 0.1) is 0 Å². The van der Waals surface area contributed by atoms with Gasteiger partial charge in [0.15, 0.2) is 0 Å². The summed E-state index contributed by atoms with van der Waals surface area (Å²) >= 11 is 0. The van der Waals surface area contributed by atoms with Crippen molar-refractivity contribution < 1.29 is 4.74 Å². The number of hydrogen-bond donors (Lipinski definition) is 1. The second kappa shape index (κ2) is 18.7. The highest BCUT2D eigenvalue weighted by Crippen LogP contribution is 2.60. The fourth-order valence-electron chi connectivity index (χ4n) is 11.1. The van der Waals surface area contributed by atoms with Gasteiger partial charge in [-0.15, -0.1) is 0 Å². The Labute approximate surface area is 316 Å². The van der Waals surface area contributed by atoms with E-state index < -0.39 is 0 Å². The summed E-state index contributed by atoms with van der Waals surface area (Å²) in [5.74, 6) is 2.87. The first-order valence-electron chi connectivity index (χ1n) is 22.1. The number of likely N-dealkylation sites (N-methyl/N-ethyl adjacent to an activating group) is 1. The molecule has 290 valence electrons. The van der Waals surface area contributed by atoms with Crippen LogP contribution in [0.15, 0.2) is 45.8 Å². The van der Waals surface area contributed by atoms with Crippen molar-refractivity contribution in [3.8, 4) is 0 Å². The van der Waals surface area contributed by atoms with E-state index in [0.717, 1.165) is 49.7 Å². The van der Waals surface area contributed by atoms with Crippen LogP contribution in [0.4, 0.5) is 0 Å². The molecular weight excluding hydrogens is 623 g/mol. The van der Waals surface area contributed by atoms with Gasteiger partial charge in [-0.1, -0.05) is 85.0 Å². The Morgan fingerprint density at radius 3 is 2.39 bits per heavy atom. The quantitative estimate of drug-likeness (QED) is 0.136. The summed E-state index contributed by atoms with van der Waals surface area (Å²) in [5, 5.41) is 3.63. The summed E-state index contributed by atoms with van der Waals surface area (Å²) in [6.07, 6.45) is 29.0. The third kappa shape index (κ3) is 9.78. The zero-order valence-electron chi connectivity index (χ0n) is 35.1. The van der Waals surface area contributed by atoms with Crippen LogP contribution >= 0.6 is 0 Å². The van der Waals surface area contributed by atoms with E-state index in [1.807, 2.05) is 7.11 Å². The first-order chi connectivity index (χ1) is 24.6. The van der Waals surface area contributed by atoms with E-state index in [4.69, 9.17) is 4.74 Å². The Kier molecular flexibility index (Phi) is 14.9. The lowest BCUT2D eigenvalue weighted by Gasteiger charge is -2.56. The van der Waals surface area contributed by atoms with Gasteiger partial charge in [-0.3, -0.25) is 0 Å². The molecule has 2 fully saturated rings. The van der Waals surface area contributed by atoms with Gasteiger partial charge in [-0.05, 0) is 161 Å². The van der Waals surface area contributed by atoms with Crippen LogP contribution in [-0.2, 0) is 4.74 Å². The number of hydrogen-bond acceptors (Lipinski definition) is 4. The first kappa shape index (κ1) is 40.7. The van der Waals surface area contributed by atoms with Gasteiger partial charge in [-0.25, -0.2) is 0 Å². The maximum atomic E-state index is 6.76. The number of nitrogens with zero attached hydrogens (tertiary/aromatic N) is 2. The molecule has 4 nitrogen and oxygen atoms in total. The fourth-order valence-corrected chi connectivity index (χ4v) is 11.1. The average Bonchev–Trinajstić information content (AvgIpc) is 3.13. The van der Waals surface area contributed by atoms with Crippen molar-refractivity contribution in [2.75, 3.05) is 46.9 Å². The number of ether oxygens (including phenoxy) is 1. The average molecular weight is 704 g/mol. The van der Waals surface area contributed by atoms with Gasteiger partial charge in [0.1, 0.15) is 6.10 Å². The van der Waals surface area contributed by atoms with E-state index in [9.17, 15) is 0 Å². The van der Waals surface area contributed by atoms with Crippen molar-refractivity contribution in [3.63, 3.8) is 0 Å². The summed E-state index contributed by atoms with van der Waals surface area (Å²) in [5.41, 5.74) is 10.7. The monoisotopic (exact) mass is 704 g/mol. The van der Waals surface area contributed by atoms with Gasteiger partial charge in [0.2, 0.25) is 0 Å². The molecule has 0 aromatic heterocycles. The highest BCUT2D eigenvalue weighted by Gasteiger charge is 2.49. The lowest BCUT2D eigenvalue weighted by atomic mass is 9.49. The second-order valence-electron chi connectivity index (χ2n) is 18.8. The highest BCUT2D eigenvalue weighted by molar-refractivity contribution is 5.42. The first-order valence-corrected chi connectivity index (χ1v) is 22.1. The molecule has 0 amide bonds. The fraction of sp³-hybridized carbons (Fsp3) is 0.830. The number of methoxy groups -OCH3 is 1. The van der Waals surface area contributed by atoms with Crippen LogP contribution in [0.1, 0.15) is 164 Å². The molecule has 1 N–H and O–H groups in total. The van der Waals surface area contributed by atoms with Gasteiger partial charge in [0, 0.05) is 45.2 Å². The number of nitrogens with one attached hydrogen (secondary N) is 1. The Bertz CT molecular complexity index is 1240. The van der Waals surface area contributed by atoms with E-state index >= 15 is 0 Å². The number of allylic oxidation sites excluding steroid dienone is 6. The zero-order chi connectivity index (χ0) is 36.6. The van der Waals surface area contributed by atoms with Crippen molar-refractivity contribution in [1.82, 2.24) is 15.1 Å². The van der Waals surface area contributed by atoms with Crippen LogP contribution in [0.25, 0.3) is 0 Å². The van der Waals surface area contributed by atoms with Crippen molar-refractivity contribution >= 4 is 0 Å². The molecule has 2 saturated carbocycles. The largest absolute Gasteiger partial charge is 0.375 e. The van der Waals surface area contributed by atoms with Crippen LogP contribution < -0.4 is 5.32 Å². The van der Waals surface area contributed by atoms with Crippen LogP contribution in [0, 0.1) is 34.5 Å². The lowest BCUT2D eigenvalue weighted by molar-refractivity contribution is -0.0490. The predicted octanol–water partition coefficient (Wildman–Crippen LogP) is 11.9. The lowest BCUT2D eigenvalue weighted by Crippen LogP contribution is -2.45. The minimum absolute atomic E-state index is 0.109. The molecule has 1 heterocycles. The molecule has 1 aliphatic heterocycles. The third-order valence-corrected chi connectivity index (χ3v) is 14.6. The van der Waals surface area contributed by atoms with Crippen molar-refractivity contribution in [2.24, 2.45) is 34.5 Å². The SMILES string of the molecule is CCCCC(C)(C)C1CC2=C(CCC(N(CCC)CCC(C)C3CC4(CCC4)C3)=C2)C(CC)CC2=C([C@H]1OC)N(C)CC(CCCNCCC)=C2. The standard InChI is InChI=1S/C47H81N3O/c1-10-14-21-46(6,7)43-31-38-30-41(50(26-12-3)27-20-35(5)40-32-47(33-40)22-16-23-47)18-19-42(38)37(13-4)29-39-28-36(17-15-25-48-24-11-2)34-49(8)44(39)45(43)51-9/h28,30,35,37,40,43,45,48H,10-27,29,31-34H2,1-9H3/t35?,37?,43?,45-/m0/s1. The maximum absolute atomic E-state index is 6.76. The van der Waals surface area contributed by atoms with Crippen LogP contribution in [0.2, 0.25) is 0 Å². The summed E-state index contributed by atoms with van der Waals surface area (Å²) in [6.45, 7) is 22.9. The smallest absolute Gasteiger partial charge is 0.101 e. The maximum Gasteiger partial charge on any atom is 0.101 e. The molecule has 0 radical (unpaired) electrons. The topological polar surface area (TPSA) is 27.7 Å². The van der Waals surface area contributed by atoms with Crippen molar-refractivity contribution in [3.05, 3.63) is 45.8 Å². The molecule has 4 atom stereocenters. The minimum atomic E-state index is 0.109. The van der Waals surface area contributed by atoms with Crippen LogP contribution in [0.5, 0.6) is 0 Å². The molecule has 4 heteroatoms. The Morgan fingerprint density at radius 2 is 1.75 bits per heavy atom. The molecule has 5 rings (SSSR count). The molecule has 0 aromatic rings. The minimum Gasteiger partial charge on any atom is -0.375 e. The van der Waals surface area contributed by atoms with E-state index in [1.54, 1.807) is 28.0 Å². The van der Waals surface area contributed by atoms with Crippen LogP contribution in [-0.4, -0.2) is 62.8 Å². The summed E-state index contributed by atoms with van der Waals surface area (Å²) < 4.78 is 6.76. The molecule has 1 spiro atoms. The molecule has 51 heavy (non-hydrogen) atoms. The van der Waals surface area contributed by atoms with Gasteiger partial charge in [0.25, 0.3) is 0 Å². The molecule has 0 bridgehead atoms. The molecule has 0 aromatic carbocycles. The van der Waals surface area contributed by atoms with Crippen LogP contribution in [0.3, 0.4) is 0 Å². The number of unbranched alkanes of at least 4 members (excludes halogenated alkanes) is 1. The number of rotatable bonds is 19. The second-order valence-corrected chi connectivity index (χ2v) is 18.8. The van der Waals surface area contributed by atoms with E-state index in [1.165, 1.54) is 122 Å².